The summed E-state index contributed by atoms with van der Waals surface area (Å²) in [4.78, 5) is 2.30. The van der Waals surface area contributed by atoms with Crippen LogP contribution in [0.15, 0.2) is 42.6 Å². The number of ether oxygens (including phenoxy) is 1. The predicted molar refractivity (Wildman–Crippen MR) is 105 cm³/mol. The van der Waals surface area contributed by atoms with Crippen LogP contribution in [-0.4, -0.2) is 41.8 Å². The predicted octanol–water partition coefficient (Wildman–Crippen LogP) is 4.58. The number of aromatic nitrogens is 2. The van der Waals surface area contributed by atoms with Crippen molar-refractivity contribution in [2.24, 2.45) is 0 Å². The first-order valence-electron chi connectivity index (χ1n) is 9.66. The average Bonchev–Trinajstić information content (AvgIpc) is 3.16. The molecule has 28 heavy (non-hydrogen) atoms. The molecule has 2 aromatic carbocycles. The van der Waals surface area contributed by atoms with Crippen LogP contribution in [0.2, 0.25) is 0 Å². The van der Waals surface area contributed by atoms with Crippen LogP contribution in [0.1, 0.15) is 37.0 Å². The topological polar surface area (TPSA) is 41.1 Å². The molecule has 0 radical (unpaired) electrons. The molecule has 6 heteroatoms. The van der Waals surface area contributed by atoms with Gasteiger partial charge in [-0.05, 0) is 69.7 Å². The third-order valence-corrected chi connectivity index (χ3v) is 5.99. The number of piperidine rings is 1. The van der Waals surface area contributed by atoms with Crippen LogP contribution in [0.3, 0.4) is 0 Å². The van der Waals surface area contributed by atoms with Gasteiger partial charge in [-0.2, -0.15) is 5.10 Å². The van der Waals surface area contributed by atoms with E-state index in [0.29, 0.717) is 6.61 Å². The number of hydrogen-bond donors (Lipinski definition) is 1. The summed E-state index contributed by atoms with van der Waals surface area (Å²) >= 11 is 0. The second-order valence-electron chi connectivity index (χ2n) is 7.87. The molecule has 1 aromatic heterocycles. The van der Waals surface area contributed by atoms with Crippen molar-refractivity contribution < 1.29 is 13.5 Å². The Kier molecular flexibility index (Phi) is 5.17. The zero-order valence-corrected chi connectivity index (χ0v) is 16.2. The number of nitrogens with one attached hydrogen (secondary N) is 1. The maximum atomic E-state index is 14.0. The number of hydrogen-bond acceptors (Lipinski definition) is 3. The van der Waals surface area contributed by atoms with E-state index in [0.717, 1.165) is 48.0 Å². The molecule has 2 heterocycles. The minimum absolute atomic E-state index is 0.172. The van der Waals surface area contributed by atoms with Crippen LogP contribution >= 0.6 is 0 Å². The zero-order chi connectivity index (χ0) is 19.7. The third kappa shape index (κ3) is 3.66. The molecule has 3 aromatic rings. The average molecular weight is 385 g/mol. The largest absolute Gasteiger partial charge is 0.373 e. The Morgan fingerprint density at radius 1 is 1.14 bits per heavy atom. The molecule has 0 amide bonds. The number of H-pyrrole nitrogens is 1. The van der Waals surface area contributed by atoms with Crippen LogP contribution in [0.25, 0.3) is 10.9 Å². The molecule has 1 aliphatic heterocycles. The Labute approximate surface area is 163 Å². The first-order valence-corrected chi connectivity index (χ1v) is 9.66. The fraction of sp³-hybridized carbons (Fsp3) is 0.409. The molecule has 1 aliphatic rings. The summed E-state index contributed by atoms with van der Waals surface area (Å²) in [7, 11) is 2.11. The summed E-state index contributed by atoms with van der Waals surface area (Å²) in [6.07, 6.45) is 3.19. The zero-order valence-electron chi connectivity index (χ0n) is 16.2. The molecule has 148 valence electrons. The smallest absolute Gasteiger partial charge is 0.124 e. The molecule has 0 bridgehead atoms. The Morgan fingerprint density at radius 3 is 2.57 bits per heavy atom. The molecule has 1 saturated heterocycles. The molecule has 4 rings (SSSR count). The number of benzene rings is 2. The summed E-state index contributed by atoms with van der Waals surface area (Å²) in [5.74, 6) is -0.533. The molecule has 0 saturated carbocycles. The standard InChI is InChI=1S/C22H25F2N3O/c1-15(20-12-19(24)11-16-13-25-26-21(16)20)28-14-22(7-9-27(2)10-8-22)17-3-5-18(23)6-4-17/h3-6,11-13,15H,7-10,14H2,1-2H3,(H,25,26). The third-order valence-electron chi connectivity index (χ3n) is 5.99. The van der Waals surface area contributed by atoms with Gasteiger partial charge in [-0.1, -0.05) is 12.1 Å². The van der Waals surface area contributed by atoms with Crippen LogP contribution in [-0.2, 0) is 10.2 Å². The van der Waals surface area contributed by atoms with Gasteiger partial charge in [0.05, 0.1) is 24.4 Å². The summed E-state index contributed by atoms with van der Waals surface area (Å²) in [6, 6.07) is 9.73. The maximum absolute atomic E-state index is 14.0. The van der Waals surface area contributed by atoms with Crippen molar-refractivity contribution in [3.05, 3.63) is 65.4 Å². The lowest BCUT2D eigenvalue weighted by Crippen LogP contribution is -2.44. The van der Waals surface area contributed by atoms with Gasteiger partial charge in [0.25, 0.3) is 0 Å². The van der Waals surface area contributed by atoms with Crippen molar-refractivity contribution >= 4 is 10.9 Å². The van der Waals surface area contributed by atoms with E-state index in [1.807, 2.05) is 19.1 Å². The molecule has 0 aliphatic carbocycles. The number of halogens is 2. The minimum Gasteiger partial charge on any atom is -0.373 e. The molecule has 1 fully saturated rings. The van der Waals surface area contributed by atoms with E-state index in [9.17, 15) is 8.78 Å². The lowest BCUT2D eigenvalue weighted by atomic mass is 9.73. The normalized spacial score (nSPS) is 18.4. The summed E-state index contributed by atoms with van der Waals surface area (Å²) in [5, 5.41) is 7.70. The Balaban J connectivity index is 1.59. The molecular weight excluding hydrogens is 360 g/mol. The van der Waals surface area contributed by atoms with Crippen LogP contribution in [0.4, 0.5) is 8.78 Å². The second-order valence-corrected chi connectivity index (χ2v) is 7.87. The Hall–Kier alpha value is -2.31. The number of rotatable bonds is 5. The Morgan fingerprint density at radius 2 is 1.86 bits per heavy atom. The van der Waals surface area contributed by atoms with E-state index in [1.165, 1.54) is 24.3 Å². The molecule has 1 atom stereocenters. The summed E-state index contributed by atoms with van der Waals surface area (Å²) < 4.78 is 33.8. The monoisotopic (exact) mass is 385 g/mol. The summed E-state index contributed by atoms with van der Waals surface area (Å²) in [6.45, 7) is 4.35. The van der Waals surface area contributed by atoms with Crippen LogP contribution in [0, 0.1) is 11.6 Å². The SMILES string of the molecule is CC(OCC1(c2ccc(F)cc2)CCN(C)CC1)c1cc(F)cc2cn[nH]c12. The van der Waals surface area contributed by atoms with E-state index >= 15 is 0 Å². The number of likely N-dealkylation sites (tertiary alicyclic amines) is 1. The van der Waals surface area contributed by atoms with Crippen molar-refractivity contribution in [3.8, 4) is 0 Å². The highest BCUT2D eigenvalue weighted by molar-refractivity contribution is 5.81. The number of aromatic amines is 1. The fourth-order valence-electron chi connectivity index (χ4n) is 4.11. The van der Waals surface area contributed by atoms with Crippen molar-refractivity contribution in [2.45, 2.75) is 31.3 Å². The van der Waals surface area contributed by atoms with Gasteiger partial charge >= 0.3 is 0 Å². The number of fused-ring (bicyclic) bond motifs is 1. The highest BCUT2D eigenvalue weighted by Crippen LogP contribution is 2.37. The van der Waals surface area contributed by atoms with Gasteiger partial charge in [-0.15, -0.1) is 0 Å². The first-order chi connectivity index (χ1) is 13.5. The van der Waals surface area contributed by atoms with Gasteiger partial charge in [-0.25, -0.2) is 8.78 Å². The lowest BCUT2D eigenvalue weighted by molar-refractivity contribution is 0.00686. The number of nitrogens with zero attached hydrogens (tertiary/aromatic N) is 2. The van der Waals surface area contributed by atoms with Crippen molar-refractivity contribution in [2.75, 3.05) is 26.7 Å². The van der Waals surface area contributed by atoms with Crippen molar-refractivity contribution in [1.29, 1.82) is 0 Å². The van der Waals surface area contributed by atoms with E-state index in [4.69, 9.17) is 4.74 Å². The second kappa shape index (κ2) is 7.60. The van der Waals surface area contributed by atoms with Crippen LogP contribution in [0.5, 0.6) is 0 Å². The summed E-state index contributed by atoms with van der Waals surface area (Å²) in [5.41, 5.74) is 2.48. The highest BCUT2D eigenvalue weighted by Gasteiger charge is 2.36. The van der Waals surface area contributed by atoms with Crippen LogP contribution < -0.4 is 0 Å². The van der Waals surface area contributed by atoms with E-state index < -0.39 is 0 Å². The highest BCUT2D eigenvalue weighted by atomic mass is 19.1. The van der Waals surface area contributed by atoms with Gasteiger partial charge in [-0.3, -0.25) is 5.10 Å². The van der Waals surface area contributed by atoms with Crippen molar-refractivity contribution in [1.82, 2.24) is 15.1 Å². The molecule has 1 unspecified atom stereocenters. The van der Waals surface area contributed by atoms with Gasteiger partial charge in [0, 0.05) is 16.4 Å². The molecule has 0 spiro atoms. The minimum atomic E-state index is -0.299. The Bertz CT molecular complexity index is 946. The van der Waals surface area contributed by atoms with E-state index in [1.54, 1.807) is 6.20 Å². The molecular formula is C22H25F2N3O. The fourth-order valence-corrected chi connectivity index (χ4v) is 4.11. The molecule has 1 N–H and O–H groups in total. The van der Waals surface area contributed by atoms with Gasteiger partial charge < -0.3 is 9.64 Å². The van der Waals surface area contributed by atoms with Gasteiger partial charge in [0.15, 0.2) is 0 Å². The maximum Gasteiger partial charge on any atom is 0.124 e. The van der Waals surface area contributed by atoms with E-state index in [-0.39, 0.29) is 23.2 Å². The van der Waals surface area contributed by atoms with Gasteiger partial charge in [0.2, 0.25) is 0 Å². The molecule has 4 nitrogen and oxygen atoms in total. The quantitative estimate of drug-likeness (QED) is 0.699. The lowest BCUT2D eigenvalue weighted by Gasteiger charge is -2.41. The van der Waals surface area contributed by atoms with Crippen molar-refractivity contribution in [3.63, 3.8) is 0 Å². The van der Waals surface area contributed by atoms with Gasteiger partial charge in [0.1, 0.15) is 11.6 Å². The first kappa shape index (κ1) is 19.0. The van der Waals surface area contributed by atoms with E-state index in [2.05, 4.69) is 22.1 Å².